The second-order valence-electron chi connectivity index (χ2n) is 4.52. The van der Waals surface area contributed by atoms with Gasteiger partial charge >= 0.3 is 0 Å². The fourth-order valence-corrected chi connectivity index (χ4v) is 1.51. The number of aliphatic hydroxyl groups is 1. The van der Waals surface area contributed by atoms with Gasteiger partial charge in [-0.15, -0.1) is 0 Å². The summed E-state index contributed by atoms with van der Waals surface area (Å²) in [7, 11) is 0. The third-order valence-corrected chi connectivity index (χ3v) is 2.20. The summed E-state index contributed by atoms with van der Waals surface area (Å²) in [4.78, 5) is 17.1. The second-order valence-corrected chi connectivity index (χ2v) is 4.52. The predicted molar refractivity (Wildman–Crippen MR) is 62.1 cm³/mol. The molecule has 0 aliphatic carbocycles. The maximum Gasteiger partial charge on any atom is 0.255 e. The number of carbonyl (C=O) groups is 1. The molecule has 0 unspecified atom stereocenters. The van der Waals surface area contributed by atoms with Crippen molar-refractivity contribution in [3.05, 3.63) is 29.8 Å². The molecule has 94 valence electrons. The first-order valence-electron chi connectivity index (χ1n) is 5.45. The largest absolute Gasteiger partial charge is 0.389 e. The smallest absolute Gasteiger partial charge is 0.255 e. The van der Waals surface area contributed by atoms with E-state index in [1.807, 2.05) is 0 Å². The number of halogens is 1. The highest BCUT2D eigenvalue weighted by Crippen LogP contribution is 2.10. The van der Waals surface area contributed by atoms with Crippen LogP contribution in [-0.4, -0.2) is 39.6 Å². The Hall–Kier alpha value is -1.49. The van der Waals surface area contributed by atoms with Crippen molar-refractivity contribution in [2.45, 2.75) is 26.4 Å². The zero-order valence-corrected chi connectivity index (χ0v) is 10.3. The number of carbonyl (C=O) groups excluding carboxylic acids is 1. The van der Waals surface area contributed by atoms with Crippen LogP contribution in [0.3, 0.4) is 0 Å². The summed E-state index contributed by atoms with van der Waals surface area (Å²) in [6.45, 7) is 5.67. The molecule has 1 amide bonds. The molecule has 1 aromatic heterocycles. The molecule has 17 heavy (non-hydrogen) atoms. The van der Waals surface area contributed by atoms with E-state index in [9.17, 15) is 14.3 Å². The third kappa shape index (κ3) is 4.11. The Kier molecular flexibility index (Phi) is 4.17. The van der Waals surface area contributed by atoms with Crippen LogP contribution in [0.4, 0.5) is 4.39 Å². The zero-order chi connectivity index (χ0) is 13.1. The molecule has 0 atom stereocenters. The summed E-state index contributed by atoms with van der Waals surface area (Å²) in [5, 5.41) is 9.69. The Morgan fingerprint density at radius 3 is 2.65 bits per heavy atom. The lowest BCUT2D eigenvalue weighted by Crippen LogP contribution is -2.42. The molecule has 0 aliphatic heterocycles. The predicted octanol–water partition coefficient (Wildman–Crippen LogP) is 1.45. The van der Waals surface area contributed by atoms with Gasteiger partial charge in [0.05, 0.1) is 17.4 Å². The van der Waals surface area contributed by atoms with Crippen molar-refractivity contribution in [1.82, 2.24) is 9.88 Å². The van der Waals surface area contributed by atoms with E-state index in [2.05, 4.69) is 4.98 Å². The first kappa shape index (κ1) is 13.6. The Morgan fingerprint density at radius 1 is 1.53 bits per heavy atom. The average Bonchev–Trinajstić information content (AvgIpc) is 2.23. The van der Waals surface area contributed by atoms with Gasteiger partial charge in [0, 0.05) is 19.3 Å². The van der Waals surface area contributed by atoms with Crippen LogP contribution in [-0.2, 0) is 0 Å². The highest BCUT2D eigenvalue weighted by molar-refractivity contribution is 5.93. The molecule has 4 nitrogen and oxygen atoms in total. The van der Waals surface area contributed by atoms with Crippen molar-refractivity contribution in [3.63, 3.8) is 0 Å². The Balaban J connectivity index is 2.87. The third-order valence-electron chi connectivity index (χ3n) is 2.20. The van der Waals surface area contributed by atoms with E-state index >= 15 is 0 Å². The van der Waals surface area contributed by atoms with Gasteiger partial charge in [0.15, 0.2) is 0 Å². The molecule has 1 aromatic rings. The number of likely N-dealkylation sites (N-methyl/N-ethyl adjacent to an activating group) is 1. The maximum atomic E-state index is 13.0. The summed E-state index contributed by atoms with van der Waals surface area (Å²) in [6.07, 6.45) is 2.36. The minimum atomic E-state index is -0.980. The summed E-state index contributed by atoms with van der Waals surface area (Å²) < 4.78 is 13.0. The number of hydrogen-bond acceptors (Lipinski definition) is 3. The van der Waals surface area contributed by atoms with Gasteiger partial charge in [0.25, 0.3) is 5.91 Å². The molecule has 1 rings (SSSR count). The zero-order valence-electron chi connectivity index (χ0n) is 10.3. The first-order valence-corrected chi connectivity index (χ1v) is 5.45. The summed E-state index contributed by atoms with van der Waals surface area (Å²) in [5.74, 6) is -0.878. The van der Waals surface area contributed by atoms with E-state index in [-0.39, 0.29) is 18.0 Å². The second kappa shape index (κ2) is 5.23. The lowest BCUT2D eigenvalue weighted by atomic mass is 10.1. The van der Waals surface area contributed by atoms with Crippen LogP contribution in [0.5, 0.6) is 0 Å². The number of pyridine rings is 1. The van der Waals surface area contributed by atoms with Gasteiger partial charge in [0.2, 0.25) is 0 Å². The quantitative estimate of drug-likeness (QED) is 0.866. The molecule has 0 spiro atoms. The summed E-state index contributed by atoms with van der Waals surface area (Å²) >= 11 is 0. The van der Waals surface area contributed by atoms with Gasteiger partial charge in [-0.2, -0.15) is 0 Å². The summed E-state index contributed by atoms with van der Waals surface area (Å²) in [5.41, 5.74) is -0.789. The van der Waals surface area contributed by atoms with Crippen LogP contribution >= 0.6 is 0 Å². The van der Waals surface area contributed by atoms with Crippen molar-refractivity contribution in [2.24, 2.45) is 0 Å². The number of amides is 1. The lowest BCUT2D eigenvalue weighted by molar-refractivity contribution is 0.0314. The van der Waals surface area contributed by atoms with Crippen molar-refractivity contribution in [2.75, 3.05) is 13.1 Å². The molecule has 1 N–H and O–H groups in total. The molecule has 0 aliphatic rings. The molecule has 5 heteroatoms. The number of nitrogens with zero attached hydrogens (tertiary/aromatic N) is 2. The standard InChI is InChI=1S/C12H17FN2O2/c1-4-15(8-12(2,3)17)11(16)9-5-10(13)7-14-6-9/h5-7,17H,4,8H2,1-3H3. The van der Waals surface area contributed by atoms with Crippen molar-refractivity contribution >= 4 is 5.91 Å². The molecule has 1 heterocycles. The van der Waals surface area contributed by atoms with E-state index < -0.39 is 11.4 Å². The minimum absolute atomic E-state index is 0.191. The lowest BCUT2D eigenvalue weighted by Gasteiger charge is -2.28. The Morgan fingerprint density at radius 2 is 2.18 bits per heavy atom. The van der Waals surface area contributed by atoms with Gasteiger partial charge < -0.3 is 10.0 Å². The number of hydrogen-bond donors (Lipinski definition) is 1. The number of rotatable bonds is 4. The fourth-order valence-electron chi connectivity index (χ4n) is 1.51. The average molecular weight is 240 g/mol. The van der Waals surface area contributed by atoms with E-state index in [0.717, 1.165) is 12.3 Å². The van der Waals surface area contributed by atoms with Crippen molar-refractivity contribution in [1.29, 1.82) is 0 Å². The SMILES string of the molecule is CCN(CC(C)(C)O)C(=O)c1cncc(F)c1. The molecule has 0 saturated carbocycles. The fraction of sp³-hybridized carbons (Fsp3) is 0.500. The molecular weight excluding hydrogens is 223 g/mol. The Bertz CT molecular complexity index is 402. The topological polar surface area (TPSA) is 53.4 Å². The van der Waals surface area contributed by atoms with Crippen LogP contribution in [0.2, 0.25) is 0 Å². The Labute approximate surface area is 100 Å². The van der Waals surface area contributed by atoms with Gasteiger partial charge in [-0.05, 0) is 26.8 Å². The van der Waals surface area contributed by atoms with Crippen LogP contribution in [0.1, 0.15) is 31.1 Å². The highest BCUT2D eigenvalue weighted by Gasteiger charge is 2.22. The molecular formula is C12H17FN2O2. The van der Waals surface area contributed by atoms with Crippen LogP contribution in [0.25, 0.3) is 0 Å². The normalized spacial score (nSPS) is 11.4. The first-order chi connectivity index (χ1) is 7.83. The van der Waals surface area contributed by atoms with Gasteiger partial charge in [-0.1, -0.05) is 0 Å². The molecule has 0 fully saturated rings. The van der Waals surface area contributed by atoms with Crippen LogP contribution in [0, 0.1) is 5.82 Å². The monoisotopic (exact) mass is 240 g/mol. The molecule has 0 bridgehead atoms. The van der Waals surface area contributed by atoms with E-state index in [1.165, 1.54) is 11.1 Å². The van der Waals surface area contributed by atoms with Crippen molar-refractivity contribution < 1.29 is 14.3 Å². The molecule has 0 saturated heterocycles. The van der Waals surface area contributed by atoms with Gasteiger partial charge in [-0.25, -0.2) is 4.39 Å². The van der Waals surface area contributed by atoms with E-state index in [0.29, 0.717) is 6.54 Å². The van der Waals surface area contributed by atoms with Crippen molar-refractivity contribution in [3.8, 4) is 0 Å². The van der Waals surface area contributed by atoms with Gasteiger partial charge in [0.1, 0.15) is 5.82 Å². The molecule has 0 aromatic carbocycles. The maximum absolute atomic E-state index is 13.0. The highest BCUT2D eigenvalue weighted by atomic mass is 19.1. The van der Waals surface area contributed by atoms with Crippen LogP contribution < -0.4 is 0 Å². The van der Waals surface area contributed by atoms with Gasteiger partial charge in [-0.3, -0.25) is 9.78 Å². The van der Waals surface area contributed by atoms with Crippen LogP contribution in [0.15, 0.2) is 18.5 Å². The number of aromatic nitrogens is 1. The summed E-state index contributed by atoms with van der Waals surface area (Å²) in [6, 6.07) is 1.14. The minimum Gasteiger partial charge on any atom is -0.389 e. The van der Waals surface area contributed by atoms with E-state index in [4.69, 9.17) is 0 Å². The van der Waals surface area contributed by atoms with E-state index in [1.54, 1.807) is 20.8 Å². The molecule has 0 radical (unpaired) electrons.